The van der Waals surface area contributed by atoms with E-state index in [1.165, 1.54) is 6.20 Å². The summed E-state index contributed by atoms with van der Waals surface area (Å²) >= 11 is 0. The van der Waals surface area contributed by atoms with Crippen molar-refractivity contribution < 1.29 is 4.74 Å². The summed E-state index contributed by atoms with van der Waals surface area (Å²) in [6.45, 7) is 0.782. The van der Waals surface area contributed by atoms with E-state index < -0.39 is 0 Å². The number of aliphatic imine (C=N–C) groups is 1. The monoisotopic (exact) mass is 246 g/mol. The molecule has 18 heavy (non-hydrogen) atoms. The highest BCUT2D eigenvalue weighted by Gasteiger charge is 2.11. The minimum Gasteiger partial charge on any atom is -0.404 e. The maximum absolute atomic E-state index is 5.59. The van der Waals surface area contributed by atoms with Crippen molar-refractivity contribution >= 4 is 17.5 Å². The number of nitrogen functional groups attached to an aromatic ring is 1. The molecule has 96 valence electrons. The molecular formula is C13H18N4O. The second kappa shape index (κ2) is 6.16. The Morgan fingerprint density at radius 1 is 1.44 bits per heavy atom. The van der Waals surface area contributed by atoms with Gasteiger partial charge in [0.25, 0.3) is 0 Å². The molecular weight excluding hydrogens is 228 g/mol. The van der Waals surface area contributed by atoms with Gasteiger partial charge in [-0.25, -0.2) is 0 Å². The van der Waals surface area contributed by atoms with E-state index in [1.54, 1.807) is 18.5 Å². The molecule has 1 aliphatic heterocycles. The van der Waals surface area contributed by atoms with Gasteiger partial charge < -0.3 is 16.2 Å². The van der Waals surface area contributed by atoms with E-state index in [0.29, 0.717) is 5.69 Å². The van der Waals surface area contributed by atoms with Crippen molar-refractivity contribution in [3.63, 3.8) is 0 Å². The number of ether oxygens (including phenoxy) is 1. The van der Waals surface area contributed by atoms with E-state index in [4.69, 9.17) is 16.2 Å². The molecule has 1 aromatic heterocycles. The molecule has 1 fully saturated rings. The summed E-state index contributed by atoms with van der Waals surface area (Å²) in [4.78, 5) is 8.59. The summed E-state index contributed by atoms with van der Waals surface area (Å²) in [5.74, 6) is 0. The van der Waals surface area contributed by atoms with E-state index in [0.717, 1.165) is 37.1 Å². The number of aromatic nitrogens is 1. The summed E-state index contributed by atoms with van der Waals surface area (Å²) in [6.07, 6.45) is 7.99. The average molecular weight is 246 g/mol. The molecule has 5 nitrogen and oxygen atoms in total. The van der Waals surface area contributed by atoms with Crippen LogP contribution in [0.25, 0.3) is 5.57 Å². The number of hydrogen-bond acceptors (Lipinski definition) is 5. The highest BCUT2D eigenvalue weighted by Crippen LogP contribution is 2.15. The van der Waals surface area contributed by atoms with Gasteiger partial charge in [0.2, 0.25) is 0 Å². The van der Waals surface area contributed by atoms with Crippen molar-refractivity contribution in [3.8, 4) is 0 Å². The van der Waals surface area contributed by atoms with E-state index in [9.17, 15) is 0 Å². The third-order valence-electron chi connectivity index (χ3n) is 2.80. The van der Waals surface area contributed by atoms with Crippen LogP contribution in [-0.4, -0.2) is 24.0 Å². The number of nitrogens with two attached hydrogens (primary N) is 2. The molecule has 2 rings (SSSR count). The van der Waals surface area contributed by atoms with Crippen LogP contribution in [-0.2, 0) is 4.74 Å². The van der Waals surface area contributed by atoms with Gasteiger partial charge in [0.05, 0.1) is 17.6 Å². The standard InChI is InChI=1S/C13H18N4O/c14-7-10(12-5-4-11(15)9-16-12)8-17-13-3-1-2-6-18-13/h4-5,7-9,13H,1-3,6,14-15H2/b10-7+,17-8+. The largest absolute Gasteiger partial charge is 0.404 e. The number of pyridine rings is 1. The maximum atomic E-state index is 5.59. The zero-order valence-corrected chi connectivity index (χ0v) is 10.2. The molecule has 1 unspecified atom stereocenters. The topological polar surface area (TPSA) is 86.5 Å². The lowest BCUT2D eigenvalue weighted by Crippen LogP contribution is -2.16. The smallest absolute Gasteiger partial charge is 0.148 e. The highest BCUT2D eigenvalue weighted by atomic mass is 16.5. The van der Waals surface area contributed by atoms with E-state index in [1.807, 2.05) is 6.07 Å². The molecule has 1 atom stereocenters. The second-order valence-electron chi connectivity index (χ2n) is 4.20. The average Bonchev–Trinajstić information content (AvgIpc) is 2.42. The molecule has 0 saturated carbocycles. The SMILES string of the molecule is N/C=C(\C=N\C1CCCCO1)c1ccc(N)cn1. The van der Waals surface area contributed by atoms with Crippen molar-refractivity contribution in [2.45, 2.75) is 25.5 Å². The zero-order chi connectivity index (χ0) is 12.8. The molecule has 4 N–H and O–H groups in total. The van der Waals surface area contributed by atoms with Gasteiger partial charge in [0.1, 0.15) is 6.23 Å². The van der Waals surface area contributed by atoms with Crippen LogP contribution in [0.2, 0.25) is 0 Å². The van der Waals surface area contributed by atoms with Gasteiger partial charge in [-0.2, -0.15) is 0 Å². The number of rotatable bonds is 3. The molecule has 5 heteroatoms. The van der Waals surface area contributed by atoms with Gasteiger partial charge in [-0.3, -0.25) is 9.98 Å². The van der Waals surface area contributed by atoms with Crippen LogP contribution >= 0.6 is 0 Å². The molecule has 0 spiro atoms. The van der Waals surface area contributed by atoms with Gasteiger partial charge in [0.15, 0.2) is 0 Å². The Kier molecular flexibility index (Phi) is 4.30. The van der Waals surface area contributed by atoms with Crippen LogP contribution in [0.5, 0.6) is 0 Å². The normalized spacial score (nSPS) is 21.3. The lowest BCUT2D eigenvalue weighted by Gasteiger charge is -2.18. The minimum atomic E-state index is -0.0533. The van der Waals surface area contributed by atoms with Crippen molar-refractivity contribution in [2.24, 2.45) is 10.7 Å². The van der Waals surface area contributed by atoms with Crippen LogP contribution in [0.15, 0.2) is 29.5 Å². The predicted molar refractivity (Wildman–Crippen MR) is 72.9 cm³/mol. The molecule has 2 heterocycles. The minimum absolute atomic E-state index is 0.0533. The molecule has 1 aromatic rings. The molecule has 0 bridgehead atoms. The fourth-order valence-corrected chi connectivity index (χ4v) is 1.78. The van der Waals surface area contributed by atoms with Crippen molar-refractivity contribution in [1.29, 1.82) is 0 Å². The summed E-state index contributed by atoms with van der Waals surface area (Å²) < 4.78 is 5.52. The van der Waals surface area contributed by atoms with E-state index in [2.05, 4.69) is 9.98 Å². The number of nitrogens with zero attached hydrogens (tertiary/aromatic N) is 2. The molecule has 1 saturated heterocycles. The molecule has 1 aliphatic rings. The van der Waals surface area contributed by atoms with Crippen LogP contribution < -0.4 is 11.5 Å². The van der Waals surface area contributed by atoms with Gasteiger partial charge >= 0.3 is 0 Å². The fourth-order valence-electron chi connectivity index (χ4n) is 1.78. The Balaban J connectivity index is 2.05. The molecule has 0 aliphatic carbocycles. The first-order valence-electron chi connectivity index (χ1n) is 6.08. The van der Waals surface area contributed by atoms with Crippen LogP contribution in [0.4, 0.5) is 5.69 Å². The van der Waals surface area contributed by atoms with E-state index in [-0.39, 0.29) is 6.23 Å². The summed E-state index contributed by atoms with van der Waals surface area (Å²) in [6, 6.07) is 3.61. The Labute approximate surface area is 107 Å². The molecule has 0 radical (unpaired) electrons. The third-order valence-corrected chi connectivity index (χ3v) is 2.80. The molecule has 0 aromatic carbocycles. The van der Waals surface area contributed by atoms with Crippen molar-refractivity contribution in [3.05, 3.63) is 30.2 Å². The van der Waals surface area contributed by atoms with Crippen LogP contribution in [0.3, 0.4) is 0 Å². The van der Waals surface area contributed by atoms with E-state index >= 15 is 0 Å². The lowest BCUT2D eigenvalue weighted by atomic mass is 10.2. The Bertz CT molecular complexity index is 433. The number of allylic oxidation sites excluding steroid dienone is 1. The van der Waals surface area contributed by atoms with Crippen molar-refractivity contribution in [1.82, 2.24) is 4.98 Å². The van der Waals surface area contributed by atoms with Gasteiger partial charge in [0, 0.05) is 24.6 Å². The predicted octanol–water partition coefficient (Wildman–Crippen LogP) is 1.56. The quantitative estimate of drug-likeness (QED) is 0.792. The van der Waals surface area contributed by atoms with Crippen LogP contribution in [0.1, 0.15) is 25.0 Å². The van der Waals surface area contributed by atoms with Gasteiger partial charge in [-0.15, -0.1) is 0 Å². The first kappa shape index (κ1) is 12.6. The number of anilines is 1. The lowest BCUT2D eigenvalue weighted by molar-refractivity contribution is 0.0227. The zero-order valence-electron chi connectivity index (χ0n) is 10.2. The van der Waals surface area contributed by atoms with Crippen molar-refractivity contribution in [2.75, 3.05) is 12.3 Å². The highest BCUT2D eigenvalue weighted by molar-refractivity contribution is 6.08. The first-order chi connectivity index (χ1) is 8.79. The second-order valence-corrected chi connectivity index (χ2v) is 4.20. The molecule has 0 amide bonds. The maximum Gasteiger partial charge on any atom is 0.148 e. The first-order valence-corrected chi connectivity index (χ1v) is 6.08. The van der Waals surface area contributed by atoms with Gasteiger partial charge in [-0.1, -0.05) is 0 Å². The Hall–Kier alpha value is -1.88. The van der Waals surface area contributed by atoms with Crippen LogP contribution in [0, 0.1) is 0 Å². The number of hydrogen-bond donors (Lipinski definition) is 2. The Morgan fingerprint density at radius 3 is 2.94 bits per heavy atom. The summed E-state index contributed by atoms with van der Waals surface area (Å²) in [7, 11) is 0. The third kappa shape index (κ3) is 3.30. The fraction of sp³-hybridized carbons (Fsp3) is 0.385. The summed E-state index contributed by atoms with van der Waals surface area (Å²) in [5.41, 5.74) is 13.3. The summed E-state index contributed by atoms with van der Waals surface area (Å²) in [5, 5.41) is 0. The Morgan fingerprint density at radius 2 is 2.33 bits per heavy atom. The van der Waals surface area contributed by atoms with Gasteiger partial charge in [-0.05, 0) is 31.4 Å².